The molecular formula is C90H56BN3O2. The molecule has 0 unspecified atom stereocenters. The van der Waals surface area contributed by atoms with Crippen LogP contribution in [0, 0.1) is 0 Å². The Morgan fingerprint density at radius 2 is 0.542 bits per heavy atom. The molecule has 0 saturated carbocycles. The third kappa shape index (κ3) is 8.59. The lowest BCUT2D eigenvalue weighted by atomic mass is 9.33. The Balaban J connectivity index is 0.926. The van der Waals surface area contributed by atoms with Crippen LogP contribution in [0.3, 0.4) is 0 Å². The van der Waals surface area contributed by atoms with E-state index in [4.69, 9.17) is 8.83 Å². The van der Waals surface area contributed by atoms with Gasteiger partial charge < -0.3 is 23.2 Å². The third-order valence-electron chi connectivity index (χ3n) is 20.1. The molecule has 0 aliphatic carbocycles. The molecule has 3 aromatic heterocycles. The first kappa shape index (κ1) is 54.0. The molecule has 2 aliphatic heterocycles. The molecule has 0 saturated heterocycles. The average Bonchev–Trinajstić information content (AvgIpc) is 0.731. The lowest BCUT2D eigenvalue weighted by Gasteiger charge is -2.45. The number of aromatic nitrogens is 1. The fourth-order valence-electron chi connectivity index (χ4n) is 15.7. The van der Waals surface area contributed by atoms with E-state index >= 15 is 0 Å². The van der Waals surface area contributed by atoms with Crippen LogP contribution >= 0.6 is 0 Å². The number of fused-ring (bicyclic) bond motifs is 13. The lowest BCUT2D eigenvalue weighted by molar-refractivity contribution is 0.668. The number of furan rings is 2. The van der Waals surface area contributed by atoms with Gasteiger partial charge in [-0.05, 0) is 192 Å². The average molecular weight is 1220 g/mol. The number of rotatable bonds is 9. The van der Waals surface area contributed by atoms with Crippen molar-refractivity contribution < 1.29 is 8.83 Å². The predicted octanol–water partition coefficient (Wildman–Crippen LogP) is 22.7. The van der Waals surface area contributed by atoms with E-state index < -0.39 is 0 Å². The summed E-state index contributed by atoms with van der Waals surface area (Å²) in [6.07, 6.45) is 0. The van der Waals surface area contributed by atoms with E-state index in [9.17, 15) is 0 Å². The Bertz CT molecular complexity index is 5680. The first-order valence-corrected chi connectivity index (χ1v) is 33.0. The van der Waals surface area contributed by atoms with Crippen LogP contribution in [-0.2, 0) is 0 Å². The zero-order valence-corrected chi connectivity index (χ0v) is 52.1. The fraction of sp³-hybridized carbons (Fsp3) is 0. The summed E-state index contributed by atoms with van der Waals surface area (Å²) in [6, 6.07) is 125. The van der Waals surface area contributed by atoms with Gasteiger partial charge in [-0.25, -0.2) is 0 Å². The number of hydrogen-bond donors (Lipinski definition) is 0. The van der Waals surface area contributed by atoms with Gasteiger partial charge in [0.25, 0.3) is 6.71 Å². The van der Waals surface area contributed by atoms with Crippen LogP contribution in [0.15, 0.2) is 349 Å². The van der Waals surface area contributed by atoms with Gasteiger partial charge in [0.2, 0.25) is 0 Å². The standard InChI is InChI=1S/C90H56BN3O2/c1-5-21-57(22-6-1)65-45-66(58-23-7-2-8-24-58)48-69(47-65)93-82-53-63(61-39-43-88-76(51-61)74-31-15-19-35-86(74)95-88)37-41-78(82)91-79-42-38-64(62-40-44-89-77(52-62)75-32-16-20-36-87(75)96-89)54-83(79)94(70-49-67(59-25-9-3-10-26-59)46-68(50-70)60-27-11-4-12-28-60)85-56-71(55-84(93)90(85)91)92-80-33-17-13-29-72(80)73-30-14-18-34-81(73)92/h1-56H. The van der Waals surface area contributed by atoms with Gasteiger partial charge >= 0.3 is 0 Å². The second-order valence-corrected chi connectivity index (χ2v) is 25.5. The molecular weight excluding hydrogens is 1170 g/mol. The van der Waals surface area contributed by atoms with E-state index in [1.807, 2.05) is 12.1 Å². The van der Waals surface area contributed by atoms with Crippen molar-refractivity contribution in [1.82, 2.24) is 4.57 Å². The molecule has 96 heavy (non-hydrogen) atoms. The van der Waals surface area contributed by atoms with Gasteiger partial charge in [-0.2, -0.15) is 0 Å². The van der Waals surface area contributed by atoms with Gasteiger partial charge in [0, 0.05) is 66.4 Å². The van der Waals surface area contributed by atoms with E-state index in [1.165, 1.54) is 27.2 Å². The summed E-state index contributed by atoms with van der Waals surface area (Å²) in [6.45, 7) is -0.222. The van der Waals surface area contributed by atoms with Crippen LogP contribution in [0.1, 0.15) is 0 Å². The summed E-state index contributed by atoms with van der Waals surface area (Å²) in [5.74, 6) is 0. The quantitative estimate of drug-likeness (QED) is 0.135. The van der Waals surface area contributed by atoms with Gasteiger partial charge in [-0.3, -0.25) is 0 Å². The van der Waals surface area contributed by atoms with E-state index in [0.29, 0.717) is 0 Å². The lowest BCUT2D eigenvalue weighted by Crippen LogP contribution is -2.61. The summed E-state index contributed by atoms with van der Waals surface area (Å²) in [7, 11) is 0. The number of para-hydroxylation sites is 4. The fourth-order valence-corrected chi connectivity index (χ4v) is 15.7. The van der Waals surface area contributed by atoms with Gasteiger partial charge in [-0.15, -0.1) is 0 Å². The minimum absolute atomic E-state index is 0.222. The molecule has 5 heterocycles. The highest BCUT2D eigenvalue weighted by atomic mass is 16.3. The first-order valence-electron chi connectivity index (χ1n) is 33.0. The van der Waals surface area contributed by atoms with Gasteiger partial charge in [0.15, 0.2) is 0 Å². The molecule has 0 bridgehead atoms. The smallest absolute Gasteiger partial charge is 0.252 e. The molecule has 2 aliphatic rings. The van der Waals surface area contributed by atoms with Crippen molar-refractivity contribution in [1.29, 1.82) is 0 Å². The molecule has 0 radical (unpaired) electrons. The van der Waals surface area contributed by atoms with E-state index in [-0.39, 0.29) is 6.71 Å². The van der Waals surface area contributed by atoms with Crippen LogP contribution < -0.4 is 26.2 Å². The summed E-state index contributed by atoms with van der Waals surface area (Å²) >= 11 is 0. The molecule has 6 heteroatoms. The third-order valence-corrected chi connectivity index (χ3v) is 20.1. The predicted molar refractivity (Wildman–Crippen MR) is 402 cm³/mol. The largest absolute Gasteiger partial charge is 0.456 e. The Morgan fingerprint density at radius 1 is 0.208 bits per heavy atom. The van der Waals surface area contributed by atoms with Crippen LogP contribution in [0.25, 0.3) is 138 Å². The molecule has 0 N–H and O–H groups in total. The maximum atomic E-state index is 6.47. The van der Waals surface area contributed by atoms with Crippen LogP contribution in [-0.4, -0.2) is 11.3 Å². The van der Waals surface area contributed by atoms with Crippen molar-refractivity contribution in [3.8, 4) is 72.4 Å². The minimum atomic E-state index is -0.222. The van der Waals surface area contributed by atoms with Crippen molar-refractivity contribution in [3.05, 3.63) is 340 Å². The SMILES string of the molecule is c1ccc(-c2cc(-c3ccccc3)cc(N3c4cc(-c5ccc6oc7ccccc7c6c5)ccc4B4c5ccc(-c6ccc7oc8ccccc8c7c6)cc5N(c5cc(-c6ccccc6)cc(-c6ccccc6)c5)c5cc(-n6c7ccccc7c7ccccc76)cc3c54)c2)cc1. The molecule has 0 atom stereocenters. The second-order valence-electron chi connectivity index (χ2n) is 25.5. The van der Waals surface area contributed by atoms with Crippen molar-refractivity contribution >= 4 is 123 Å². The van der Waals surface area contributed by atoms with Crippen LogP contribution in [0.4, 0.5) is 34.1 Å². The molecule has 5 nitrogen and oxygen atoms in total. The summed E-state index contributed by atoms with van der Waals surface area (Å²) in [5.41, 5.74) is 30.5. The van der Waals surface area contributed by atoms with E-state index in [2.05, 4.69) is 342 Å². The second kappa shape index (κ2) is 21.5. The number of nitrogens with zero attached hydrogens (tertiary/aromatic N) is 3. The van der Waals surface area contributed by atoms with Crippen LogP contribution in [0.5, 0.6) is 0 Å². The maximum absolute atomic E-state index is 6.47. The minimum Gasteiger partial charge on any atom is -0.456 e. The number of hydrogen-bond acceptors (Lipinski definition) is 4. The van der Waals surface area contributed by atoms with Gasteiger partial charge in [0.1, 0.15) is 22.3 Å². The Morgan fingerprint density at radius 3 is 0.948 bits per heavy atom. The molecule has 0 spiro atoms. The molecule has 0 amide bonds. The summed E-state index contributed by atoms with van der Waals surface area (Å²) in [4.78, 5) is 5.21. The highest BCUT2D eigenvalue weighted by molar-refractivity contribution is 7.00. The summed E-state index contributed by atoms with van der Waals surface area (Å²) in [5, 5.41) is 6.79. The molecule has 0 fully saturated rings. The zero-order valence-electron chi connectivity index (χ0n) is 52.1. The summed E-state index contributed by atoms with van der Waals surface area (Å²) < 4.78 is 15.4. The first-order chi connectivity index (χ1) is 47.6. The van der Waals surface area contributed by atoms with Crippen molar-refractivity contribution in [3.63, 3.8) is 0 Å². The Hall–Kier alpha value is -12.6. The van der Waals surface area contributed by atoms with Crippen LogP contribution in [0.2, 0.25) is 0 Å². The monoisotopic (exact) mass is 1220 g/mol. The Kier molecular flexibility index (Phi) is 12.1. The van der Waals surface area contributed by atoms with Gasteiger partial charge in [-0.1, -0.05) is 231 Å². The van der Waals surface area contributed by atoms with E-state index in [1.54, 1.807) is 0 Å². The highest BCUT2D eigenvalue weighted by Gasteiger charge is 2.44. The van der Waals surface area contributed by atoms with Crippen molar-refractivity contribution in [2.24, 2.45) is 0 Å². The van der Waals surface area contributed by atoms with E-state index in [0.717, 1.165) is 161 Å². The molecule has 15 aromatic carbocycles. The molecule has 20 rings (SSSR count). The normalized spacial score (nSPS) is 12.5. The zero-order chi connectivity index (χ0) is 63.0. The molecule has 18 aromatic rings. The van der Waals surface area contributed by atoms with Crippen molar-refractivity contribution in [2.75, 3.05) is 9.80 Å². The maximum Gasteiger partial charge on any atom is 0.252 e. The number of benzene rings is 15. The topological polar surface area (TPSA) is 37.7 Å². The highest BCUT2D eigenvalue weighted by Crippen LogP contribution is 2.50. The Labute approximate surface area is 554 Å². The van der Waals surface area contributed by atoms with Gasteiger partial charge in [0.05, 0.1) is 16.7 Å². The molecule has 446 valence electrons. The number of anilines is 6. The van der Waals surface area contributed by atoms with Crippen molar-refractivity contribution in [2.45, 2.75) is 0 Å².